The quantitative estimate of drug-likeness (QED) is 0.584. The van der Waals surface area contributed by atoms with Crippen LogP contribution in [-0.2, 0) is 4.79 Å². The van der Waals surface area contributed by atoms with Crippen molar-refractivity contribution in [1.82, 2.24) is 4.98 Å². The van der Waals surface area contributed by atoms with Crippen molar-refractivity contribution in [3.63, 3.8) is 0 Å². The molecule has 1 aliphatic heterocycles. The Morgan fingerprint density at radius 1 is 1.64 bits per heavy atom. The van der Waals surface area contributed by atoms with Gasteiger partial charge in [-0.05, 0) is 0 Å². The van der Waals surface area contributed by atoms with Crippen LogP contribution in [0, 0.1) is 6.92 Å². The van der Waals surface area contributed by atoms with Gasteiger partial charge in [0.25, 0.3) is 17.7 Å². The number of nitrogens with one attached hydrogen (secondary N) is 1. The normalized spacial score (nSPS) is 15.2. The van der Waals surface area contributed by atoms with Crippen LogP contribution in [0.15, 0.2) is 4.42 Å². The summed E-state index contributed by atoms with van der Waals surface area (Å²) in [5, 5.41) is 2.49. The average molecular weight is 154 g/mol. The predicted molar refractivity (Wildman–Crippen MR) is 35.4 cm³/mol. The SMILES string of the molecule is Cc1nc2c(o1)NC(=O)CO2. The Bertz CT molecular complexity index is 305. The van der Waals surface area contributed by atoms with Gasteiger partial charge >= 0.3 is 0 Å². The maximum Gasteiger partial charge on any atom is 0.280 e. The predicted octanol–water partition coefficient (Wildman–Crippen LogP) is 0.314. The van der Waals surface area contributed by atoms with E-state index in [1.165, 1.54) is 0 Å². The smallest absolute Gasteiger partial charge is 0.280 e. The first-order chi connectivity index (χ1) is 5.25. The minimum atomic E-state index is -0.214. The topological polar surface area (TPSA) is 64.4 Å². The number of anilines is 1. The molecule has 11 heavy (non-hydrogen) atoms. The van der Waals surface area contributed by atoms with Crippen LogP contribution in [0.25, 0.3) is 0 Å². The number of rotatable bonds is 0. The van der Waals surface area contributed by atoms with Crippen LogP contribution in [0.5, 0.6) is 5.88 Å². The fourth-order valence-corrected chi connectivity index (χ4v) is 0.881. The van der Waals surface area contributed by atoms with Crippen LogP contribution in [0.2, 0.25) is 0 Å². The molecule has 1 amide bonds. The lowest BCUT2D eigenvalue weighted by Crippen LogP contribution is -2.24. The molecule has 1 aromatic heterocycles. The van der Waals surface area contributed by atoms with Gasteiger partial charge in [-0.1, -0.05) is 0 Å². The zero-order chi connectivity index (χ0) is 7.84. The number of nitrogens with zero attached hydrogens (tertiary/aromatic N) is 1. The molecule has 0 radical (unpaired) electrons. The van der Waals surface area contributed by atoms with E-state index in [0.717, 1.165) is 0 Å². The van der Waals surface area contributed by atoms with Gasteiger partial charge in [-0.3, -0.25) is 10.1 Å². The highest BCUT2D eigenvalue weighted by Crippen LogP contribution is 2.26. The van der Waals surface area contributed by atoms with Crippen LogP contribution in [0.4, 0.5) is 5.88 Å². The zero-order valence-electron chi connectivity index (χ0n) is 5.88. The van der Waals surface area contributed by atoms with Crippen LogP contribution in [0.1, 0.15) is 5.89 Å². The Labute approximate surface area is 62.4 Å². The molecular weight excluding hydrogens is 148 g/mol. The van der Waals surface area contributed by atoms with Gasteiger partial charge in [0.2, 0.25) is 0 Å². The summed E-state index contributed by atoms with van der Waals surface area (Å²) >= 11 is 0. The van der Waals surface area contributed by atoms with E-state index < -0.39 is 0 Å². The van der Waals surface area contributed by atoms with Crippen molar-refractivity contribution >= 4 is 11.8 Å². The highest BCUT2D eigenvalue weighted by Gasteiger charge is 2.21. The highest BCUT2D eigenvalue weighted by atomic mass is 16.5. The maximum absolute atomic E-state index is 10.7. The molecule has 0 aromatic carbocycles. The summed E-state index contributed by atoms with van der Waals surface area (Å²) < 4.78 is 9.95. The lowest BCUT2D eigenvalue weighted by molar-refractivity contribution is -0.118. The lowest BCUT2D eigenvalue weighted by Gasteiger charge is -2.09. The summed E-state index contributed by atoms with van der Waals surface area (Å²) in [6.45, 7) is 1.70. The number of amides is 1. The molecule has 0 fully saturated rings. The van der Waals surface area contributed by atoms with E-state index in [1.807, 2.05) is 0 Å². The molecule has 58 valence electrons. The van der Waals surface area contributed by atoms with Crippen molar-refractivity contribution in [3.8, 4) is 5.88 Å². The van der Waals surface area contributed by atoms with Gasteiger partial charge in [0, 0.05) is 6.92 Å². The molecule has 0 saturated heterocycles. The summed E-state index contributed by atoms with van der Waals surface area (Å²) in [4.78, 5) is 14.6. The molecule has 0 aliphatic carbocycles. The molecule has 1 aliphatic rings. The van der Waals surface area contributed by atoms with Gasteiger partial charge in [0.15, 0.2) is 12.5 Å². The molecule has 0 spiro atoms. The number of ether oxygens (including phenoxy) is 1. The number of oxazole rings is 1. The number of carbonyl (C=O) groups is 1. The largest absolute Gasteiger partial charge is 0.464 e. The van der Waals surface area contributed by atoms with E-state index >= 15 is 0 Å². The van der Waals surface area contributed by atoms with Gasteiger partial charge < -0.3 is 9.15 Å². The van der Waals surface area contributed by atoms with Crippen molar-refractivity contribution in [2.45, 2.75) is 6.92 Å². The first kappa shape index (κ1) is 6.21. The molecular formula is C6H6N2O3. The summed E-state index contributed by atoms with van der Waals surface area (Å²) in [7, 11) is 0. The maximum atomic E-state index is 10.7. The monoisotopic (exact) mass is 154 g/mol. The highest BCUT2D eigenvalue weighted by molar-refractivity contribution is 5.93. The first-order valence-corrected chi connectivity index (χ1v) is 3.16. The Morgan fingerprint density at radius 2 is 2.45 bits per heavy atom. The van der Waals surface area contributed by atoms with Crippen LogP contribution in [-0.4, -0.2) is 17.5 Å². The van der Waals surface area contributed by atoms with E-state index in [0.29, 0.717) is 17.7 Å². The Balaban J connectivity index is 2.41. The van der Waals surface area contributed by atoms with E-state index in [1.54, 1.807) is 6.92 Å². The summed E-state index contributed by atoms with van der Waals surface area (Å²) in [6, 6.07) is 0. The molecule has 1 N–H and O–H groups in total. The molecule has 2 heterocycles. The number of hydrogen-bond donors (Lipinski definition) is 1. The molecule has 0 atom stereocenters. The molecule has 5 heteroatoms. The van der Waals surface area contributed by atoms with Crippen LogP contribution >= 0.6 is 0 Å². The van der Waals surface area contributed by atoms with Crippen molar-refractivity contribution in [1.29, 1.82) is 0 Å². The second-order valence-electron chi connectivity index (χ2n) is 2.20. The number of aryl methyl sites for hydroxylation is 1. The minimum absolute atomic E-state index is 0.0129. The zero-order valence-corrected chi connectivity index (χ0v) is 5.88. The Morgan fingerprint density at radius 3 is 3.27 bits per heavy atom. The number of fused-ring (bicyclic) bond motifs is 1. The third kappa shape index (κ3) is 0.938. The van der Waals surface area contributed by atoms with Gasteiger partial charge in [-0.15, -0.1) is 0 Å². The molecule has 0 unspecified atom stereocenters. The van der Waals surface area contributed by atoms with Gasteiger partial charge in [0.1, 0.15) is 0 Å². The van der Waals surface area contributed by atoms with E-state index in [4.69, 9.17) is 9.15 Å². The third-order valence-corrected chi connectivity index (χ3v) is 1.30. The van der Waals surface area contributed by atoms with E-state index in [9.17, 15) is 4.79 Å². The van der Waals surface area contributed by atoms with Crippen molar-refractivity contribution in [2.24, 2.45) is 0 Å². The summed E-state index contributed by atoms with van der Waals surface area (Å²) in [6.07, 6.45) is 0. The minimum Gasteiger partial charge on any atom is -0.464 e. The average Bonchev–Trinajstić information content (AvgIpc) is 2.27. The van der Waals surface area contributed by atoms with E-state index in [2.05, 4.69) is 10.3 Å². The Kier molecular flexibility index (Phi) is 1.12. The number of hydrogen-bond acceptors (Lipinski definition) is 4. The number of aromatic nitrogens is 1. The second kappa shape index (κ2) is 1.98. The van der Waals surface area contributed by atoms with Crippen LogP contribution < -0.4 is 10.1 Å². The van der Waals surface area contributed by atoms with Crippen molar-refractivity contribution < 1.29 is 13.9 Å². The van der Waals surface area contributed by atoms with Crippen molar-refractivity contribution in [3.05, 3.63) is 5.89 Å². The van der Waals surface area contributed by atoms with Gasteiger partial charge in [-0.25, -0.2) is 0 Å². The summed E-state index contributed by atoms with van der Waals surface area (Å²) in [5.74, 6) is 0.937. The fraction of sp³-hybridized carbons (Fsp3) is 0.333. The first-order valence-electron chi connectivity index (χ1n) is 3.16. The molecule has 2 rings (SSSR count). The van der Waals surface area contributed by atoms with Gasteiger partial charge in [0.05, 0.1) is 0 Å². The van der Waals surface area contributed by atoms with E-state index in [-0.39, 0.29) is 12.5 Å². The Hall–Kier alpha value is -1.52. The fourth-order valence-electron chi connectivity index (χ4n) is 0.881. The molecule has 0 saturated carbocycles. The summed E-state index contributed by atoms with van der Waals surface area (Å²) in [5.41, 5.74) is 0. The second-order valence-corrected chi connectivity index (χ2v) is 2.20. The molecule has 0 bridgehead atoms. The van der Waals surface area contributed by atoms with Crippen LogP contribution in [0.3, 0.4) is 0 Å². The lowest BCUT2D eigenvalue weighted by atomic mass is 10.5. The molecule has 5 nitrogen and oxygen atoms in total. The third-order valence-electron chi connectivity index (χ3n) is 1.30. The van der Waals surface area contributed by atoms with Crippen molar-refractivity contribution in [2.75, 3.05) is 11.9 Å². The standard InChI is InChI=1S/C6H6N2O3/c1-3-7-5-6(11-3)8-4(9)2-10-5/h2H2,1H3,(H,8,9). The van der Waals surface area contributed by atoms with Gasteiger partial charge in [-0.2, -0.15) is 4.98 Å². The number of carbonyl (C=O) groups excluding carboxylic acids is 1. The molecule has 1 aromatic rings.